The highest BCUT2D eigenvalue weighted by Gasteiger charge is 2.22. The van der Waals surface area contributed by atoms with Crippen molar-refractivity contribution >= 4 is 29.5 Å². The minimum Gasteiger partial charge on any atom is -0.497 e. The monoisotopic (exact) mass is 456 g/mol. The maximum absolute atomic E-state index is 12.5. The van der Waals surface area contributed by atoms with Crippen LogP contribution in [0.4, 0.5) is 0 Å². The van der Waals surface area contributed by atoms with Gasteiger partial charge in [-0.1, -0.05) is 0 Å². The SMILES string of the molecule is COc1ccc(C(=O)NNC(=O)COC(=O)c2c(C)nc(-c3ccco3)nc2SC)cc1. The van der Waals surface area contributed by atoms with Crippen LogP contribution < -0.4 is 15.6 Å². The molecule has 0 atom stereocenters. The third kappa shape index (κ3) is 5.43. The number of aromatic nitrogens is 2. The van der Waals surface area contributed by atoms with E-state index < -0.39 is 24.4 Å². The molecule has 32 heavy (non-hydrogen) atoms. The molecule has 2 heterocycles. The summed E-state index contributed by atoms with van der Waals surface area (Å²) >= 11 is 1.24. The van der Waals surface area contributed by atoms with Gasteiger partial charge in [0.15, 0.2) is 18.2 Å². The first kappa shape index (κ1) is 22.8. The molecule has 0 saturated carbocycles. The Morgan fingerprint density at radius 2 is 1.84 bits per heavy atom. The van der Waals surface area contributed by atoms with Crippen molar-refractivity contribution in [2.45, 2.75) is 11.9 Å². The molecule has 2 aromatic heterocycles. The fourth-order valence-corrected chi connectivity index (χ4v) is 3.24. The van der Waals surface area contributed by atoms with E-state index in [4.69, 9.17) is 13.9 Å². The summed E-state index contributed by atoms with van der Waals surface area (Å²) in [6.45, 7) is 1.04. The second kappa shape index (κ2) is 10.4. The number of hydrogen-bond acceptors (Lipinski definition) is 9. The first-order valence-corrected chi connectivity index (χ1v) is 10.5. The third-order valence-corrected chi connectivity index (χ3v) is 4.88. The van der Waals surface area contributed by atoms with Crippen LogP contribution in [0.3, 0.4) is 0 Å². The van der Waals surface area contributed by atoms with E-state index in [9.17, 15) is 14.4 Å². The lowest BCUT2D eigenvalue weighted by molar-refractivity contribution is -0.125. The van der Waals surface area contributed by atoms with E-state index in [1.165, 1.54) is 25.1 Å². The van der Waals surface area contributed by atoms with Crippen molar-refractivity contribution in [3.63, 3.8) is 0 Å². The van der Waals surface area contributed by atoms with E-state index >= 15 is 0 Å². The van der Waals surface area contributed by atoms with Crippen molar-refractivity contribution in [3.05, 3.63) is 59.5 Å². The molecule has 0 fully saturated rings. The van der Waals surface area contributed by atoms with E-state index in [2.05, 4.69) is 20.8 Å². The second-order valence-corrected chi connectivity index (χ2v) is 7.10. The van der Waals surface area contributed by atoms with Gasteiger partial charge in [0.2, 0.25) is 0 Å². The lowest BCUT2D eigenvalue weighted by atomic mass is 10.2. The Labute approximate surface area is 187 Å². The van der Waals surface area contributed by atoms with Gasteiger partial charge in [0.25, 0.3) is 11.8 Å². The molecule has 1 aromatic carbocycles. The molecular formula is C21H20N4O6S. The van der Waals surface area contributed by atoms with Crippen LogP contribution in [0.2, 0.25) is 0 Å². The number of rotatable bonds is 7. The van der Waals surface area contributed by atoms with E-state index in [1.54, 1.807) is 49.6 Å². The van der Waals surface area contributed by atoms with E-state index in [1.807, 2.05) is 0 Å². The Balaban J connectivity index is 1.57. The summed E-state index contributed by atoms with van der Waals surface area (Å²) in [6.07, 6.45) is 3.26. The first-order chi connectivity index (χ1) is 15.4. The number of methoxy groups -OCH3 is 1. The Hall–Kier alpha value is -3.86. The largest absolute Gasteiger partial charge is 0.497 e. The summed E-state index contributed by atoms with van der Waals surface area (Å²) in [6, 6.07) is 9.73. The van der Waals surface area contributed by atoms with Crippen LogP contribution in [0.5, 0.6) is 5.75 Å². The van der Waals surface area contributed by atoms with Crippen molar-refractivity contribution < 1.29 is 28.3 Å². The Morgan fingerprint density at radius 3 is 2.47 bits per heavy atom. The van der Waals surface area contributed by atoms with Gasteiger partial charge < -0.3 is 13.9 Å². The van der Waals surface area contributed by atoms with Crippen molar-refractivity contribution in [1.82, 2.24) is 20.8 Å². The first-order valence-electron chi connectivity index (χ1n) is 9.29. The minimum atomic E-state index is -0.755. The molecule has 0 aliphatic carbocycles. The topological polar surface area (TPSA) is 133 Å². The number of carbonyl (C=O) groups excluding carboxylic acids is 3. The number of carbonyl (C=O) groups is 3. The number of furan rings is 1. The number of nitrogens with one attached hydrogen (secondary N) is 2. The van der Waals surface area contributed by atoms with Gasteiger partial charge in [-0.2, -0.15) is 0 Å². The number of hydrazine groups is 1. The smallest absolute Gasteiger partial charge is 0.343 e. The zero-order chi connectivity index (χ0) is 23.1. The molecule has 166 valence electrons. The zero-order valence-corrected chi connectivity index (χ0v) is 18.3. The Morgan fingerprint density at radius 1 is 1.09 bits per heavy atom. The number of benzene rings is 1. The van der Waals surface area contributed by atoms with Gasteiger partial charge in [-0.3, -0.25) is 20.4 Å². The van der Waals surface area contributed by atoms with Crippen LogP contribution >= 0.6 is 11.8 Å². The molecule has 3 rings (SSSR count). The van der Waals surface area contributed by atoms with E-state index in [0.29, 0.717) is 33.6 Å². The van der Waals surface area contributed by atoms with E-state index in [-0.39, 0.29) is 5.56 Å². The van der Waals surface area contributed by atoms with Crippen LogP contribution in [0.1, 0.15) is 26.4 Å². The highest BCUT2D eigenvalue weighted by atomic mass is 32.2. The molecule has 0 saturated heterocycles. The summed E-state index contributed by atoms with van der Waals surface area (Å²) in [5.41, 5.74) is 5.29. The Bertz CT molecular complexity index is 1120. The molecule has 0 radical (unpaired) electrons. The summed E-state index contributed by atoms with van der Waals surface area (Å²) in [4.78, 5) is 45.2. The third-order valence-electron chi connectivity index (χ3n) is 4.20. The van der Waals surface area contributed by atoms with Crippen molar-refractivity contribution in [2.24, 2.45) is 0 Å². The standard InChI is InChI=1S/C21H20N4O6S/c1-12-17(20(32-3)23-18(22-12)15-5-4-10-30-15)21(28)31-11-16(26)24-25-19(27)13-6-8-14(29-2)9-7-13/h4-10H,11H2,1-3H3,(H,24,26)(H,25,27). The maximum Gasteiger partial charge on any atom is 0.343 e. The van der Waals surface area contributed by atoms with Gasteiger partial charge in [0.05, 0.1) is 19.1 Å². The molecule has 0 aliphatic heterocycles. The predicted octanol–water partition coefficient (Wildman–Crippen LogP) is 2.39. The molecule has 10 nitrogen and oxygen atoms in total. The fourth-order valence-electron chi connectivity index (χ4n) is 2.63. The van der Waals surface area contributed by atoms with Crippen LogP contribution in [0.15, 0.2) is 52.1 Å². The molecule has 0 aliphatic rings. The summed E-state index contributed by atoms with van der Waals surface area (Å²) in [5.74, 6) is -0.595. The van der Waals surface area contributed by atoms with Gasteiger partial charge in [0.1, 0.15) is 16.3 Å². The number of thioether (sulfide) groups is 1. The lowest BCUT2D eigenvalue weighted by Gasteiger charge is -2.11. The number of aryl methyl sites for hydroxylation is 1. The predicted molar refractivity (Wildman–Crippen MR) is 115 cm³/mol. The Kier molecular flexibility index (Phi) is 7.45. The van der Waals surface area contributed by atoms with Crippen molar-refractivity contribution in [2.75, 3.05) is 20.0 Å². The van der Waals surface area contributed by atoms with Gasteiger partial charge in [-0.15, -0.1) is 11.8 Å². The summed E-state index contributed by atoms with van der Waals surface area (Å²) in [5, 5.41) is 0.391. The highest BCUT2D eigenvalue weighted by molar-refractivity contribution is 7.98. The highest BCUT2D eigenvalue weighted by Crippen LogP contribution is 2.25. The summed E-state index contributed by atoms with van der Waals surface area (Å²) in [7, 11) is 1.51. The van der Waals surface area contributed by atoms with Crippen LogP contribution in [-0.4, -0.2) is 47.7 Å². The van der Waals surface area contributed by atoms with Gasteiger partial charge in [-0.25, -0.2) is 14.8 Å². The average molecular weight is 456 g/mol. The molecular weight excluding hydrogens is 436 g/mol. The fraction of sp³-hybridized carbons (Fsp3) is 0.190. The van der Waals surface area contributed by atoms with Crippen molar-refractivity contribution in [1.29, 1.82) is 0 Å². The molecule has 11 heteroatoms. The van der Waals surface area contributed by atoms with Crippen LogP contribution in [0, 0.1) is 6.92 Å². The van der Waals surface area contributed by atoms with Gasteiger partial charge in [0, 0.05) is 5.56 Å². The lowest BCUT2D eigenvalue weighted by Crippen LogP contribution is -2.43. The number of esters is 1. The van der Waals surface area contributed by atoms with Crippen molar-refractivity contribution in [3.8, 4) is 17.3 Å². The number of nitrogens with zero attached hydrogens (tertiary/aromatic N) is 2. The normalized spacial score (nSPS) is 10.3. The number of ether oxygens (including phenoxy) is 2. The summed E-state index contributed by atoms with van der Waals surface area (Å²) < 4.78 is 15.4. The van der Waals surface area contributed by atoms with Gasteiger partial charge in [-0.05, 0) is 49.6 Å². The molecule has 0 spiro atoms. The van der Waals surface area contributed by atoms with Crippen LogP contribution in [0.25, 0.3) is 11.6 Å². The maximum atomic E-state index is 12.5. The minimum absolute atomic E-state index is 0.155. The van der Waals surface area contributed by atoms with Gasteiger partial charge >= 0.3 is 5.97 Å². The number of hydrogen-bond donors (Lipinski definition) is 2. The molecule has 2 N–H and O–H groups in total. The van der Waals surface area contributed by atoms with Crippen LogP contribution in [-0.2, 0) is 9.53 Å². The van der Waals surface area contributed by atoms with E-state index in [0.717, 1.165) is 0 Å². The zero-order valence-electron chi connectivity index (χ0n) is 17.5. The molecule has 0 bridgehead atoms. The second-order valence-electron chi connectivity index (χ2n) is 6.30. The quantitative estimate of drug-likeness (QED) is 0.238. The number of amides is 2. The molecule has 3 aromatic rings. The molecule has 0 unspecified atom stereocenters. The average Bonchev–Trinajstić information content (AvgIpc) is 3.35. The molecule has 2 amide bonds.